The van der Waals surface area contributed by atoms with Crippen molar-refractivity contribution in [1.29, 1.82) is 0 Å². The van der Waals surface area contributed by atoms with Crippen LogP contribution in [-0.4, -0.2) is 39.9 Å². The van der Waals surface area contributed by atoms with E-state index in [1.54, 1.807) is 13.8 Å². The molecule has 0 aromatic heterocycles. The molecule has 0 bridgehead atoms. The van der Waals surface area contributed by atoms with Gasteiger partial charge in [0.1, 0.15) is 6.10 Å². The van der Waals surface area contributed by atoms with E-state index < -0.39 is 24.6 Å². The third-order valence-electron chi connectivity index (χ3n) is 2.20. The molecule has 0 aromatic rings. The molecule has 1 heterocycles. The van der Waals surface area contributed by atoms with Crippen molar-refractivity contribution in [3.8, 4) is 0 Å². The predicted octanol–water partition coefficient (Wildman–Crippen LogP) is -0.919. The number of hydrogen-bond donors (Lipinski definition) is 3. The van der Waals surface area contributed by atoms with E-state index >= 15 is 0 Å². The topological polar surface area (TPSA) is 69.9 Å². The fourth-order valence-electron chi connectivity index (χ4n) is 1.27. The van der Waals surface area contributed by atoms with Crippen molar-refractivity contribution in [3.63, 3.8) is 0 Å². The van der Waals surface area contributed by atoms with Crippen molar-refractivity contribution in [1.82, 2.24) is 0 Å². The van der Waals surface area contributed by atoms with Gasteiger partial charge in [-0.3, -0.25) is 0 Å². The molecular weight excluding hydrogens is 148 g/mol. The molecule has 0 aliphatic carbocycles. The van der Waals surface area contributed by atoms with Crippen molar-refractivity contribution in [2.24, 2.45) is 5.92 Å². The molecule has 0 saturated carbocycles. The van der Waals surface area contributed by atoms with Crippen LogP contribution < -0.4 is 0 Å². The summed E-state index contributed by atoms with van der Waals surface area (Å²) < 4.78 is 4.84. The van der Waals surface area contributed by atoms with Gasteiger partial charge in [0.2, 0.25) is 0 Å². The normalized spacial score (nSPS) is 52.6. The van der Waals surface area contributed by atoms with E-state index in [0.29, 0.717) is 0 Å². The minimum absolute atomic E-state index is 0.339. The van der Waals surface area contributed by atoms with Gasteiger partial charge in [0.15, 0.2) is 6.29 Å². The van der Waals surface area contributed by atoms with Crippen LogP contribution in [0.4, 0.5) is 0 Å². The Balaban J connectivity index is 2.63. The summed E-state index contributed by atoms with van der Waals surface area (Å²) in [6.07, 6.45) is -3.26. The number of hydrogen-bond acceptors (Lipinski definition) is 4. The van der Waals surface area contributed by atoms with Crippen LogP contribution in [0.1, 0.15) is 13.8 Å². The molecule has 1 aliphatic heterocycles. The Labute approximate surface area is 65.4 Å². The second kappa shape index (κ2) is 3.06. The highest BCUT2D eigenvalue weighted by atomic mass is 16.6. The van der Waals surface area contributed by atoms with E-state index in [4.69, 9.17) is 9.84 Å². The molecule has 66 valence electrons. The number of ether oxygens (including phenoxy) is 1. The highest BCUT2D eigenvalue weighted by molar-refractivity contribution is 4.83. The zero-order valence-corrected chi connectivity index (χ0v) is 6.64. The molecule has 1 fully saturated rings. The van der Waals surface area contributed by atoms with Crippen molar-refractivity contribution in [3.05, 3.63) is 0 Å². The van der Waals surface area contributed by atoms with E-state index in [2.05, 4.69) is 0 Å². The van der Waals surface area contributed by atoms with Gasteiger partial charge in [0.05, 0.1) is 12.2 Å². The SMILES string of the molecule is C[C@@H]1[C@@H](O)[C@H](C)OC(O)[C@@H]1O. The van der Waals surface area contributed by atoms with E-state index in [9.17, 15) is 10.2 Å². The maximum absolute atomic E-state index is 9.34. The third kappa shape index (κ3) is 1.54. The van der Waals surface area contributed by atoms with Crippen molar-refractivity contribution in [2.45, 2.75) is 38.4 Å². The van der Waals surface area contributed by atoms with Gasteiger partial charge in [0.25, 0.3) is 0 Å². The summed E-state index contributed by atoms with van der Waals surface area (Å²) in [6.45, 7) is 3.34. The lowest BCUT2D eigenvalue weighted by Crippen LogP contribution is -2.51. The van der Waals surface area contributed by atoms with Crippen LogP contribution in [0.5, 0.6) is 0 Å². The van der Waals surface area contributed by atoms with E-state index in [-0.39, 0.29) is 5.92 Å². The lowest BCUT2D eigenvalue weighted by molar-refractivity contribution is -0.260. The van der Waals surface area contributed by atoms with Crippen LogP contribution in [0.2, 0.25) is 0 Å². The van der Waals surface area contributed by atoms with Crippen molar-refractivity contribution < 1.29 is 20.1 Å². The molecule has 0 amide bonds. The summed E-state index contributed by atoms with van der Waals surface area (Å²) >= 11 is 0. The first-order valence-electron chi connectivity index (χ1n) is 3.73. The highest BCUT2D eigenvalue weighted by Gasteiger charge is 2.38. The van der Waals surface area contributed by atoms with E-state index in [1.165, 1.54) is 0 Å². The van der Waals surface area contributed by atoms with Crippen LogP contribution in [-0.2, 0) is 4.74 Å². The van der Waals surface area contributed by atoms with E-state index in [0.717, 1.165) is 0 Å². The zero-order valence-electron chi connectivity index (χ0n) is 6.64. The average Bonchev–Trinajstić information content (AvgIpc) is 1.97. The molecule has 11 heavy (non-hydrogen) atoms. The van der Waals surface area contributed by atoms with Gasteiger partial charge in [-0.1, -0.05) is 6.92 Å². The molecular formula is C7H14O4. The van der Waals surface area contributed by atoms with Crippen molar-refractivity contribution >= 4 is 0 Å². The Morgan fingerprint density at radius 1 is 1.00 bits per heavy atom. The predicted molar refractivity (Wildman–Crippen MR) is 37.7 cm³/mol. The Morgan fingerprint density at radius 2 is 1.55 bits per heavy atom. The maximum Gasteiger partial charge on any atom is 0.181 e. The van der Waals surface area contributed by atoms with Crippen LogP contribution in [0.25, 0.3) is 0 Å². The monoisotopic (exact) mass is 162 g/mol. The summed E-state index contributed by atoms with van der Waals surface area (Å²) in [7, 11) is 0. The highest BCUT2D eigenvalue weighted by Crippen LogP contribution is 2.23. The number of rotatable bonds is 0. The molecule has 1 rings (SSSR count). The fraction of sp³-hybridized carbons (Fsp3) is 1.00. The summed E-state index contributed by atoms with van der Waals surface area (Å²) in [6, 6.07) is 0. The molecule has 0 radical (unpaired) electrons. The zero-order chi connectivity index (χ0) is 8.59. The standard InChI is InChI=1S/C7H14O4/c1-3-5(8)4(2)11-7(10)6(3)9/h3-10H,1-2H3/t3-,4+,5-,6-,7?/m1/s1. The number of aliphatic hydroxyl groups excluding tert-OH is 3. The molecule has 5 atom stereocenters. The second-order valence-corrected chi connectivity index (χ2v) is 3.07. The minimum Gasteiger partial charge on any atom is -0.390 e. The third-order valence-corrected chi connectivity index (χ3v) is 2.20. The lowest BCUT2D eigenvalue weighted by atomic mass is 9.91. The van der Waals surface area contributed by atoms with Gasteiger partial charge in [-0.05, 0) is 6.92 Å². The van der Waals surface area contributed by atoms with Gasteiger partial charge < -0.3 is 20.1 Å². The summed E-state index contributed by atoms with van der Waals surface area (Å²) in [5, 5.41) is 27.6. The molecule has 1 saturated heterocycles. The largest absolute Gasteiger partial charge is 0.390 e. The first-order valence-corrected chi connectivity index (χ1v) is 3.73. The summed E-state index contributed by atoms with van der Waals surface area (Å²) in [4.78, 5) is 0. The maximum atomic E-state index is 9.34. The lowest BCUT2D eigenvalue weighted by Gasteiger charge is -2.37. The molecule has 4 heteroatoms. The van der Waals surface area contributed by atoms with Gasteiger partial charge in [-0.15, -0.1) is 0 Å². The van der Waals surface area contributed by atoms with Gasteiger partial charge in [-0.2, -0.15) is 0 Å². The quantitative estimate of drug-likeness (QED) is 0.431. The number of aliphatic hydroxyl groups is 3. The fourth-order valence-corrected chi connectivity index (χ4v) is 1.27. The molecule has 3 N–H and O–H groups in total. The van der Waals surface area contributed by atoms with Crippen LogP contribution >= 0.6 is 0 Å². The summed E-state index contributed by atoms with van der Waals surface area (Å²) in [5.41, 5.74) is 0. The van der Waals surface area contributed by atoms with Gasteiger partial charge in [-0.25, -0.2) is 0 Å². The Kier molecular flexibility index (Phi) is 2.49. The van der Waals surface area contributed by atoms with E-state index in [1.807, 2.05) is 0 Å². The van der Waals surface area contributed by atoms with Crippen molar-refractivity contribution in [2.75, 3.05) is 0 Å². The van der Waals surface area contributed by atoms with Crippen LogP contribution in [0, 0.1) is 5.92 Å². The minimum atomic E-state index is -1.16. The Bertz CT molecular complexity index is 124. The molecule has 0 spiro atoms. The molecule has 1 unspecified atom stereocenters. The first kappa shape index (κ1) is 8.93. The Hall–Kier alpha value is -0.160. The first-order chi connectivity index (χ1) is 5.04. The average molecular weight is 162 g/mol. The molecule has 0 aromatic carbocycles. The van der Waals surface area contributed by atoms with Crippen LogP contribution in [0.3, 0.4) is 0 Å². The Morgan fingerprint density at radius 3 is 2.09 bits per heavy atom. The molecule has 4 nitrogen and oxygen atoms in total. The smallest absolute Gasteiger partial charge is 0.181 e. The second-order valence-electron chi connectivity index (χ2n) is 3.07. The summed E-state index contributed by atoms with van der Waals surface area (Å²) in [5.74, 6) is -0.339. The van der Waals surface area contributed by atoms with Gasteiger partial charge >= 0.3 is 0 Å². The van der Waals surface area contributed by atoms with Gasteiger partial charge in [0, 0.05) is 5.92 Å². The van der Waals surface area contributed by atoms with Crippen LogP contribution in [0.15, 0.2) is 0 Å². The molecule has 1 aliphatic rings.